The van der Waals surface area contributed by atoms with Gasteiger partial charge in [-0.3, -0.25) is 4.79 Å². The molecule has 9 nitrogen and oxygen atoms in total. The molecule has 0 saturated carbocycles. The normalized spacial score (nSPS) is 18.2. The Morgan fingerprint density at radius 3 is 2.41 bits per heavy atom. The van der Waals surface area contributed by atoms with Gasteiger partial charge in [-0.2, -0.15) is 9.40 Å². The summed E-state index contributed by atoms with van der Waals surface area (Å²) in [4.78, 5) is 15.0. The van der Waals surface area contributed by atoms with E-state index in [0.717, 1.165) is 10.8 Å². The smallest absolute Gasteiger partial charge is 0.253 e. The molecule has 2 aromatic carbocycles. The SMILES string of the molecule is O=C(c1ccc(S(=O)(=O)N2CCOCC2)cc1)N1CCC(Oc2nncc3ccccc23)CC1. The number of aromatic nitrogens is 2. The van der Waals surface area contributed by atoms with Gasteiger partial charge in [0.15, 0.2) is 0 Å². The van der Waals surface area contributed by atoms with E-state index in [0.29, 0.717) is 63.7 Å². The van der Waals surface area contributed by atoms with Gasteiger partial charge >= 0.3 is 0 Å². The first kappa shape index (κ1) is 22.7. The average molecular weight is 483 g/mol. The Bertz CT molecular complexity index is 1260. The number of hydrogen-bond donors (Lipinski definition) is 0. The van der Waals surface area contributed by atoms with E-state index >= 15 is 0 Å². The largest absolute Gasteiger partial charge is 0.473 e. The number of fused-ring (bicyclic) bond motifs is 1. The number of hydrogen-bond acceptors (Lipinski definition) is 7. The van der Waals surface area contributed by atoms with Crippen LogP contribution in [0.4, 0.5) is 0 Å². The third-order valence-electron chi connectivity index (χ3n) is 6.25. The minimum absolute atomic E-state index is 0.0507. The molecule has 178 valence electrons. The van der Waals surface area contributed by atoms with Gasteiger partial charge in [0.1, 0.15) is 6.10 Å². The fourth-order valence-corrected chi connectivity index (χ4v) is 5.72. The van der Waals surface area contributed by atoms with E-state index in [1.54, 1.807) is 23.2 Å². The molecule has 2 aliphatic heterocycles. The Hall–Kier alpha value is -3.08. The third kappa shape index (κ3) is 4.61. The van der Waals surface area contributed by atoms with Crippen molar-refractivity contribution in [2.24, 2.45) is 0 Å². The van der Waals surface area contributed by atoms with E-state index in [1.807, 2.05) is 24.3 Å². The summed E-state index contributed by atoms with van der Waals surface area (Å²) < 4.78 is 38.4. The molecule has 10 heteroatoms. The van der Waals surface area contributed by atoms with Crippen molar-refractivity contribution in [2.75, 3.05) is 39.4 Å². The summed E-state index contributed by atoms with van der Waals surface area (Å²) in [5.74, 6) is 0.402. The lowest BCUT2D eigenvalue weighted by atomic mass is 10.1. The summed E-state index contributed by atoms with van der Waals surface area (Å²) in [7, 11) is -3.58. The highest BCUT2D eigenvalue weighted by atomic mass is 32.2. The summed E-state index contributed by atoms with van der Waals surface area (Å²) in [5.41, 5.74) is 0.472. The molecule has 1 aromatic heterocycles. The molecule has 3 aromatic rings. The molecular formula is C24H26N4O5S. The van der Waals surface area contributed by atoms with Crippen molar-refractivity contribution in [2.45, 2.75) is 23.8 Å². The van der Waals surface area contributed by atoms with Crippen molar-refractivity contribution < 1.29 is 22.7 Å². The Morgan fingerprint density at radius 2 is 1.68 bits per heavy atom. The molecule has 2 fully saturated rings. The lowest BCUT2D eigenvalue weighted by Gasteiger charge is -2.32. The monoisotopic (exact) mass is 482 g/mol. The van der Waals surface area contributed by atoms with Crippen molar-refractivity contribution in [1.29, 1.82) is 0 Å². The highest BCUT2D eigenvalue weighted by molar-refractivity contribution is 7.89. The molecule has 0 bridgehead atoms. The van der Waals surface area contributed by atoms with Gasteiger partial charge in [-0.1, -0.05) is 18.2 Å². The van der Waals surface area contributed by atoms with Crippen LogP contribution in [0.25, 0.3) is 10.8 Å². The molecule has 34 heavy (non-hydrogen) atoms. The first-order chi connectivity index (χ1) is 16.5. The van der Waals surface area contributed by atoms with Crippen LogP contribution in [0.2, 0.25) is 0 Å². The molecule has 2 aliphatic rings. The Kier molecular flexibility index (Phi) is 6.44. The average Bonchev–Trinajstić information content (AvgIpc) is 2.89. The maximum atomic E-state index is 13.0. The fourth-order valence-electron chi connectivity index (χ4n) is 4.31. The number of carbonyl (C=O) groups excluding carboxylic acids is 1. The van der Waals surface area contributed by atoms with Crippen LogP contribution in [-0.4, -0.2) is 79.2 Å². The topological polar surface area (TPSA) is 102 Å². The first-order valence-corrected chi connectivity index (χ1v) is 12.8. The van der Waals surface area contributed by atoms with E-state index in [2.05, 4.69) is 10.2 Å². The van der Waals surface area contributed by atoms with Crippen LogP contribution in [0.15, 0.2) is 59.6 Å². The number of ether oxygens (including phenoxy) is 2. The first-order valence-electron chi connectivity index (χ1n) is 11.4. The van der Waals surface area contributed by atoms with E-state index in [9.17, 15) is 13.2 Å². The maximum Gasteiger partial charge on any atom is 0.253 e. The standard InChI is InChI=1S/C24H26N4O5S/c29-24(18-5-7-21(8-6-18)34(30,31)28-13-15-32-16-14-28)27-11-9-20(10-12-27)33-23-22-4-2-1-3-19(22)17-25-26-23/h1-8,17,20H,9-16H2. The second kappa shape index (κ2) is 9.65. The van der Waals surface area contributed by atoms with Crippen LogP contribution in [0.3, 0.4) is 0 Å². The Labute approximate surface area is 198 Å². The quantitative estimate of drug-likeness (QED) is 0.550. The number of likely N-dealkylation sites (tertiary alicyclic amines) is 1. The number of morpholine rings is 1. The van der Waals surface area contributed by atoms with Crippen molar-refractivity contribution in [1.82, 2.24) is 19.4 Å². The molecule has 0 atom stereocenters. The number of rotatable bonds is 5. The number of nitrogens with zero attached hydrogens (tertiary/aromatic N) is 4. The van der Waals surface area contributed by atoms with Gasteiger partial charge < -0.3 is 14.4 Å². The van der Waals surface area contributed by atoms with Gasteiger partial charge in [-0.15, -0.1) is 5.10 Å². The van der Waals surface area contributed by atoms with E-state index in [1.165, 1.54) is 16.4 Å². The van der Waals surface area contributed by atoms with Crippen LogP contribution in [0.5, 0.6) is 5.88 Å². The minimum atomic E-state index is -3.58. The van der Waals surface area contributed by atoms with Gasteiger partial charge in [-0.05, 0) is 30.3 Å². The number of amides is 1. The van der Waals surface area contributed by atoms with Crippen molar-refractivity contribution in [3.05, 3.63) is 60.3 Å². The number of carbonyl (C=O) groups is 1. The van der Waals surface area contributed by atoms with Crippen LogP contribution < -0.4 is 4.74 Å². The molecule has 2 saturated heterocycles. The predicted molar refractivity (Wildman–Crippen MR) is 125 cm³/mol. The van der Waals surface area contributed by atoms with Gasteiger partial charge in [0.2, 0.25) is 15.9 Å². The summed E-state index contributed by atoms with van der Waals surface area (Å²) in [5, 5.41) is 10.1. The summed E-state index contributed by atoms with van der Waals surface area (Å²) in [6, 6.07) is 14.0. The van der Waals surface area contributed by atoms with Gasteiger partial charge in [0.05, 0.1) is 24.3 Å². The van der Waals surface area contributed by atoms with Crippen LogP contribution in [-0.2, 0) is 14.8 Å². The molecule has 0 radical (unpaired) electrons. The van der Waals surface area contributed by atoms with E-state index in [4.69, 9.17) is 9.47 Å². The van der Waals surface area contributed by atoms with Crippen molar-refractivity contribution in [3.63, 3.8) is 0 Å². The summed E-state index contributed by atoms with van der Waals surface area (Å²) >= 11 is 0. The number of benzene rings is 2. The second-order valence-corrected chi connectivity index (χ2v) is 10.3. The lowest BCUT2D eigenvalue weighted by Crippen LogP contribution is -2.42. The van der Waals surface area contributed by atoms with Crippen LogP contribution >= 0.6 is 0 Å². The van der Waals surface area contributed by atoms with Crippen LogP contribution in [0, 0.1) is 0 Å². The highest BCUT2D eigenvalue weighted by Crippen LogP contribution is 2.25. The molecule has 1 amide bonds. The van der Waals surface area contributed by atoms with Gasteiger partial charge in [0, 0.05) is 55.4 Å². The van der Waals surface area contributed by atoms with Crippen LogP contribution in [0.1, 0.15) is 23.2 Å². The molecule has 0 unspecified atom stereocenters. The van der Waals surface area contributed by atoms with Gasteiger partial charge in [-0.25, -0.2) is 8.42 Å². The zero-order valence-electron chi connectivity index (χ0n) is 18.7. The molecule has 5 rings (SSSR count). The zero-order chi connectivity index (χ0) is 23.5. The highest BCUT2D eigenvalue weighted by Gasteiger charge is 2.28. The fraction of sp³-hybridized carbons (Fsp3) is 0.375. The molecule has 0 aliphatic carbocycles. The molecule has 0 N–H and O–H groups in total. The number of piperidine rings is 1. The lowest BCUT2D eigenvalue weighted by molar-refractivity contribution is 0.0589. The van der Waals surface area contributed by atoms with Gasteiger partial charge in [0.25, 0.3) is 5.91 Å². The third-order valence-corrected chi connectivity index (χ3v) is 8.17. The zero-order valence-corrected chi connectivity index (χ0v) is 19.5. The Morgan fingerprint density at radius 1 is 0.971 bits per heavy atom. The van der Waals surface area contributed by atoms with Crippen molar-refractivity contribution >= 4 is 26.7 Å². The summed E-state index contributed by atoms with van der Waals surface area (Å²) in [6.07, 6.45) is 3.02. The summed E-state index contributed by atoms with van der Waals surface area (Å²) in [6.45, 7) is 2.56. The van der Waals surface area contributed by atoms with E-state index < -0.39 is 10.0 Å². The predicted octanol–water partition coefficient (Wildman–Crippen LogP) is 2.33. The maximum absolute atomic E-state index is 13.0. The molecular weight excluding hydrogens is 456 g/mol. The minimum Gasteiger partial charge on any atom is -0.473 e. The van der Waals surface area contributed by atoms with Crippen molar-refractivity contribution in [3.8, 4) is 5.88 Å². The second-order valence-electron chi connectivity index (χ2n) is 8.39. The molecule has 0 spiro atoms. The van der Waals surface area contributed by atoms with E-state index in [-0.39, 0.29) is 16.9 Å². The number of sulfonamides is 1. The Balaban J connectivity index is 1.20. The molecule has 3 heterocycles.